The van der Waals surface area contributed by atoms with Crippen molar-refractivity contribution in [2.75, 3.05) is 0 Å². The number of halogens is 1. The van der Waals surface area contributed by atoms with E-state index in [0.717, 1.165) is 56.2 Å². The summed E-state index contributed by atoms with van der Waals surface area (Å²) in [5.74, 6) is -0.0902. The smallest absolute Gasteiger partial charge is 0.339 e. The summed E-state index contributed by atoms with van der Waals surface area (Å²) in [6, 6.07) is 22.5. The average molecular weight is 486 g/mol. The molecule has 0 unspecified atom stereocenters. The molecule has 1 aliphatic carbocycles. The van der Waals surface area contributed by atoms with Crippen LogP contribution in [0.5, 0.6) is 5.75 Å². The first-order valence-corrected chi connectivity index (χ1v) is 11.2. The molecule has 3 aromatic carbocycles. The summed E-state index contributed by atoms with van der Waals surface area (Å²) in [5.41, 5.74) is 6.18. The fraction of sp³-hybridized carbons (Fsp3) is 0.111. The molecule has 158 valence electrons. The molecule has 5 rings (SSSR count). The summed E-state index contributed by atoms with van der Waals surface area (Å²) in [7, 11) is 0. The van der Waals surface area contributed by atoms with Crippen LogP contribution in [-0.4, -0.2) is 16.1 Å². The van der Waals surface area contributed by atoms with Crippen molar-refractivity contribution < 1.29 is 14.6 Å². The number of hydrogen-bond acceptors (Lipinski definition) is 4. The Morgan fingerprint density at radius 1 is 1.00 bits per heavy atom. The van der Waals surface area contributed by atoms with Crippen molar-refractivity contribution in [3.63, 3.8) is 0 Å². The SMILES string of the molecule is O=C(OCc1ccc(Br)cc1)c1c2c(nc3ccccc13)/C(=C/c1ccc(O)cc1)CC2. The molecule has 1 N–H and O–H groups in total. The van der Waals surface area contributed by atoms with E-state index in [2.05, 4.69) is 22.0 Å². The van der Waals surface area contributed by atoms with Crippen LogP contribution < -0.4 is 0 Å². The molecule has 1 aromatic heterocycles. The standard InChI is InChI=1S/C27H20BrNO3/c28-20-10-5-18(6-11-20)16-32-27(31)25-22-3-1-2-4-24(22)29-26-19(9-14-23(25)26)15-17-7-12-21(30)13-8-17/h1-8,10-13,15,30H,9,14,16H2/b19-15+. The highest BCUT2D eigenvalue weighted by Crippen LogP contribution is 2.38. The van der Waals surface area contributed by atoms with Gasteiger partial charge in [-0.2, -0.15) is 0 Å². The summed E-state index contributed by atoms with van der Waals surface area (Å²) in [4.78, 5) is 18.1. The van der Waals surface area contributed by atoms with Crippen molar-refractivity contribution in [3.8, 4) is 5.75 Å². The minimum Gasteiger partial charge on any atom is -0.508 e. The fourth-order valence-electron chi connectivity index (χ4n) is 4.09. The first kappa shape index (κ1) is 20.5. The average Bonchev–Trinajstić information content (AvgIpc) is 3.20. The van der Waals surface area contributed by atoms with Crippen molar-refractivity contribution >= 4 is 44.5 Å². The van der Waals surface area contributed by atoms with E-state index in [-0.39, 0.29) is 18.3 Å². The van der Waals surface area contributed by atoms with Gasteiger partial charge in [-0.3, -0.25) is 0 Å². The Morgan fingerprint density at radius 2 is 1.75 bits per heavy atom. The highest BCUT2D eigenvalue weighted by atomic mass is 79.9. The number of carbonyl (C=O) groups excluding carboxylic acids is 1. The number of carbonyl (C=O) groups is 1. The van der Waals surface area contributed by atoms with Crippen LogP contribution in [0, 0.1) is 0 Å². The zero-order valence-electron chi connectivity index (χ0n) is 17.2. The van der Waals surface area contributed by atoms with Gasteiger partial charge < -0.3 is 9.84 Å². The number of aromatic nitrogens is 1. The highest BCUT2D eigenvalue weighted by Gasteiger charge is 2.27. The number of benzene rings is 3. The third-order valence-electron chi connectivity index (χ3n) is 5.66. The van der Waals surface area contributed by atoms with Crippen LogP contribution in [-0.2, 0) is 17.8 Å². The van der Waals surface area contributed by atoms with Gasteiger partial charge in [0.25, 0.3) is 0 Å². The Labute approximate surface area is 194 Å². The molecule has 0 aliphatic heterocycles. The molecule has 0 atom stereocenters. The number of pyridine rings is 1. The van der Waals surface area contributed by atoms with Gasteiger partial charge in [0.05, 0.1) is 16.8 Å². The maximum Gasteiger partial charge on any atom is 0.339 e. The molecule has 1 heterocycles. The molecule has 4 aromatic rings. The van der Waals surface area contributed by atoms with E-state index in [1.165, 1.54) is 0 Å². The first-order valence-electron chi connectivity index (χ1n) is 10.4. The van der Waals surface area contributed by atoms with Gasteiger partial charge in [0.2, 0.25) is 0 Å². The van der Waals surface area contributed by atoms with E-state index in [9.17, 15) is 9.90 Å². The number of esters is 1. The number of rotatable bonds is 4. The van der Waals surface area contributed by atoms with E-state index >= 15 is 0 Å². The topological polar surface area (TPSA) is 59.4 Å². The van der Waals surface area contributed by atoms with Gasteiger partial charge in [-0.25, -0.2) is 9.78 Å². The molecule has 0 radical (unpaired) electrons. The van der Waals surface area contributed by atoms with E-state index in [4.69, 9.17) is 9.72 Å². The number of nitrogens with zero attached hydrogens (tertiary/aromatic N) is 1. The number of para-hydroxylation sites is 1. The fourth-order valence-corrected chi connectivity index (χ4v) is 4.35. The maximum absolute atomic E-state index is 13.3. The Balaban J connectivity index is 1.53. The quantitative estimate of drug-likeness (QED) is 0.333. The predicted octanol–water partition coefficient (Wildman–Crippen LogP) is 6.55. The summed E-state index contributed by atoms with van der Waals surface area (Å²) in [6.45, 7) is 0.216. The van der Waals surface area contributed by atoms with Crippen LogP contribution >= 0.6 is 15.9 Å². The van der Waals surface area contributed by atoms with Gasteiger partial charge in [0.1, 0.15) is 12.4 Å². The predicted molar refractivity (Wildman–Crippen MR) is 129 cm³/mol. The van der Waals surface area contributed by atoms with E-state index < -0.39 is 0 Å². The number of hydrogen-bond donors (Lipinski definition) is 1. The van der Waals surface area contributed by atoms with Crippen molar-refractivity contribution in [2.24, 2.45) is 0 Å². The third-order valence-corrected chi connectivity index (χ3v) is 6.19. The molecule has 0 bridgehead atoms. The Hall–Kier alpha value is -3.44. The second-order valence-electron chi connectivity index (χ2n) is 7.79. The molecule has 32 heavy (non-hydrogen) atoms. The lowest BCUT2D eigenvalue weighted by molar-refractivity contribution is 0.0474. The molecule has 5 heteroatoms. The van der Waals surface area contributed by atoms with Crippen molar-refractivity contribution in [2.45, 2.75) is 19.4 Å². The van der Waals surface area contributed by atoms with Gasteiger partial charge in [0.15, 0.2) is 0 Å². The minimum atomic E-state index is -0.325. The van der Waals surface area contributed by atoms with Crippen molar-refractivity contribution in [1.29, 1.82) is 0 Å². The second kappa shape index (κ2) is 8.60. The van der Waals surface area contributed by atoms with Gasteiger partial charge in [-0.05, 0) is 71.5 Å². The van der Waals surface area contributed by atoms with Crippen molar-refractivity contribution in [3.05, 3.63) is 105 Å². The third kappa shape index (κ3) is 4.04. The van der Waals surface area contributed by atoms with Gasteiger partial charge in [0, 0.05) is 9.86 Å². The Kier molecular flexibility index (Phi) is 5.50. The molecule has 0 fully saturated rings. The molecular weight excluding hydrogens is 466 g/mol. The molecule has 0 saturated carbocycles. The molecule has 0 amide bonds. The molecular formula is C27H20BrNO3. The van der Waals surface area contributed by atoms with E-state index in [0.29, 0.717) is 5.56 Å². The lowest BCUT2D eigenvalue weighted by Gasteiger charge is -2.12. The van der Waals surface area contributed by atoms with E-state index in [1.807, 2.05) is 60.7 Å². The molecule has 4 nitrogen and oxygen atoms in total. The Bertz CT molecular complexity index is 1340. The van der Waals surface area contributed by atoms with Crippen LogP contribution in [0.3, 0.4) is 0 Å². The van der Waals surface area contributed by atoms with Crippen molar-refractivity contribution in [1.82, 2.24) is 4.98 Å². The number of fused-ring (bicyclic) bond motifs is 2. The molecule has 1 aliphatic rings. The summed E-state index contributed by atoms with van der Waals surface area (Å²) in [5, 5.41) is 10.4. The van der Waals surface area contributed by atoms with Crippen LogP contribution in [0.1, 0.15) is 39.2 Å². The number of ether oxygens (including phenoxy) is 1. The molecule has 0 spiro atoms. The number of phenols is 1. The minimum absolute atomic E-state index is 0.216. The monoisotopic (exact) mass is 485 g/mol. The summed E-state index contributed by atoms with van der Waals surface area (Å²) in [6.07, 6.45) is 3.61. The normalized spacial score (nSPS) is 14.0. The lowest BCUT2D eigenvalue weighted by Crippen LogP contribution is -2.10. The number of allylic oxidation sites excluding steroid dienone is 1. The van der Waals surface area contributed by atoms with Gasteiger partial charge in [-0.1, -0.05) is 58.4 Å². The van der Waals surface area contributed by atoms with Gasteiger partial charge in [-0.15, -0.1) is 0 Å². The number of phenolic OH excluding ortho intramolecular Hbond substituents is 1. The van der Waals surface area contributed by atoms with Crippen LogP contribution in [0.4, 0.5) is 0 Å². The molecule has 0 saturated heterocycles. The second-order valence-corrected chi connectivity index (χ2v) is 8.71. The maximum atomic E-state index is 13.3. The Morgan fingerprint density at radius 3 is 2.53 bits per heavy atom. The number of aromatic hydroxyl groups is 1. The van der Waals surface area contributed by atoms with E-state index in [1.54, 1.807) is 12.1 Å². The first-order chi connectivity index (χ1) is 15.6. The largest absolute Gasteiger partial charge is 0.508 e. The lowest BCUT2D eigenvalue weighted by atomic mass is 10.0. The zero-order chi connectivity index (χ0) is 22.1. The van der Waals surface area contributed by atoms with Gasteiger partial charge >= 0.3 is 5.97 Å². The van der Waals surface area contributed by atoms with Crippen LogP contribution in [0.2, 0.25) is 0 Å². The highest BCUT2D eigenvalue weighted by molar-refractivity contribution is 9.10. The van der Waals surface area contributed by atoms with Crippen LogP contribution in [0.25, 0.3) is 22.6 Å². The summed E-state index contributed by atoms with van der Waals surface area (Å²) < 4.78 is 6.71. The summed E-state index contributed by atoms with van der Waals surface area (Å²) >= 11 is 3.42. The van der Waals surface area contributed by atoms with Crippen LogP contribution in [0.15, 0.2) is 77.3 Å². The zero-order valence-corrected chi connectivity index (χ0v) is 18.8.